The minimum Gasteiger partial charge on any atom is -0.410 e. The van der Waals surface area contributed by atoms with Gasteiger partial charge >= 0.3 is 0 Å². The van der Waals surface area contributed by atoms with Gasteiger partial charge in [0.15, 0.2) is 16.6 Å². The second kappa shape index (κ2) is 10.7. The fraction of sp³-hybridized carbons (Fsp3) is 0.667. The van der Waals surface area contributed by atoms with Gasteiger partial charge in [0.05, 0.1) is 24.9 Å². The first-order valence-corrected chi connectivity index (χ1v) is 18.1. The minimum atomic E-state index is -2.06. The Labute approximate surface area is 204 Å². The van der Waals surface area contributed by atoms with Crippen molar-refractivity contribution in [1.82, 2.24) is 0 Å². The van der Waals surface area contributed by atoms with Crippen molar-refractivity contribution in [3.63, 3.8) is 0 Å². The van der Waals surface area contributed by atoms with Crippen molar-refractivity contribution in [3.05, 3.63) is 47.5 Å². The number of rotatable bonds is 8. The molecule has 4 nitrogen and oxygen atoms in total. The average molecular weight is 491 g/mol. The Hall–Kier alpha value is -1.06. The maximum Gasteiger partial charge on any atom is 0.192 e. The molecule has 2 rings (SSSR count). The Balaban J connectivity index is 2.35. The number of ether oxygens (including phenoxy) is 1. The molecule has 0 radical (unpaired) electrons. The van der Waals surface area contributed by atoms with E-state index in [0.717, 1.165) is 30.3 Å². The van der Waals surface area contributed by atoms with Gasteiger partial charge in [-0.25, -0.2) is 0 Å². The molecule has 1 aliphatic carbocycles. The zero-order valence-electron chi connectivity index (χ0n) is 22.5. The Morgan fingerprint density at radius 1 is 0.848 bits per heavy atom. The average Bonchev–Trinajstić information content (AvgIpc) is 2.67. The van der Waals surface area contributed by atoms with E-state index in [0.29, 0.717) is 6.61 Å². The molecule has 0 unspecified atom stereocenters. The molecule has 186 valence electrons. The molecule has 0 aliphatic heterocycles. The molecule has 33 heavy (non-hydrogen) atoms. The maximum absolute atomic E-state index is 11.7. The van der Waals surface area contributed by atoms with Gasteiger partial charge in [0.2, 0.25) is 0 Å². The van der Waals surface area contributed by atoms with Gasteiger partial charge in [0.25, 0.3) is 0 Å². The van der Waals surface area contributed by atoms with E-state index in [-0.39, 0.29) is 28.4 Å². The number of carbonyl (C=O) groups excluding carboxylic acids is 1. The van der Waals surface area contributed by atoms with Crippen LogP contribution in [0, 0.1) is 0 Å². The monoisotopic (exact) mass is 490 g/mol. The molecule has 1 aromatic carbocycles. The summed E-state index contributed by atoms with van der Waals surface area (Å²) in [7, 11) is -4.12. The largest absolute Gasteiger partial charge is 0.410 e. The van der Waals surface area contributed by atoms with Gasteiger partial charge < -0.3 is 13.6 Å². The van der Waals surface area contributed by atoms with E-state index in [4.69, 9.17) is 13.6 Å². The third-order valence-electron chi connectivity index (χ3n) is 7.77. The molecule has 0 aromatic heterocycles. The minimum absolute atomic E-state index is 0.0125. The Kier molecular flexibility index (Phi) is 9.13. The van der Waals surface area contributed by atoms with Crippen molar-refractivity contribution in [3.8, 4) is 0 Å². The fourth-order valence-corrected chi connectivity index (χ4v) is 6.16. The molecular formula is C27H46O4Si2. The Morgan fingerprint density at radius 3 is 1.70 bits per heavy atom. The van der Waals surface area contributed by atoms with Gasteiger partial charge in [-0.2, -0.15) is 0 Å². The van der Waals surface area contributed by atoms with E-state index < -0.39 is 16.6 Å². The van der Waals surface area contributed by atoms with E-state index in [2.05, 4.69) is 79.9 Å². The highest BCUT2D eigenvalue weighted by molar-refractivity contribution is 6.74. The normalized spacial score (nSPS) is 22.8. The Bertz CT molecular complexity index is 764. The molecule has 0 saturated heterocycles. The molecule has 0 spiro atoms. The van der Waals surface area contributed by atoms with E-state index >= 15 is 0 Å². The lowest BCUT2D eigenvalue weighted by Crippen LogP contribution is -2.52. The highest BCUT2D eigenvalue weighted by Crippen LogP contribution is 2.44. The molecule has 1 aliphatic rings. The highest BCUT2D eigenvalue weighted by Gasteiger charge is 2.46. The maximum atomic E-state index is 11.7. The van der Waals surface area contributed by atoms with Gasteiger partial charge in [0, 0.05) is 12.8 Å². The van der Waals surface area contributed by atoms with Gasteiger partial charge in [0.1, 0.15) is 6.29 Å². The second-order valence-electron chi connectivity index (χ2n) is 12.4. The lowest BCUT2D eigenvalue weighted by atomic mass is 9.87. The predicted molar refractivity (Wildman–Crippen MR) is 143 cm³/mol. The summed E-state index contributed by atoms with van der Waals surface area (Å²) in [5.74, 6) is 0. The van der Waals surface area contributed by atoms with Crippen LogP contribution in [0.4, 0.5) is 0 Å². The number of benzene rings is 1. The summed E-state index contributed by atoms with van der Waals surface area (Å²) in [6.07, 6.45) is 3.76. The van der Waals surface area contributed by atoms with Crippen LogP contribution in [0.15, 0.2) is 42.0 Å². The number of hydrogen-bond donors (Lipinski definition) is 0. The van der Waals surface area contributed by atoms with Crippen LogP contribution in [0.2, 0.25) is 36.3 Å². The third kappa shape index (κ3) is 7.46. The molecule has 1 saturated carbocycles. The molecule has 1 aromatic rings. The SMILES string of the molecule is CC(C)(C)[Si](C)(C)O[C@@H]1CC(OCc2ccccc2)C[C@@H](O[Si](C)(C)C(C)(C)C)C1=CC=O. The first-order valence-electron chi connectivity index (χ1n) is 12.2. The van der Waals surface area contributed by atoms with Crippen molar-refractivity contribution in [2.24, 2.45) is 0 Å². The van der Waals surface area contributed by atoms with Gasteiger partial charge in [-0.1, -0.05) is 71.9 Å². The summed E-state index contributed by atoms with van der Waals surface area (Å²) in [5.41, 5.74) is 2.15. The zero-order valence-corrected chi connectivity index (χ0v) is 24.5. The number of carbonyl (C=O) groups is 1. The highest BCUT2D eigenvalue weighted by atomic mass is 28.4. The summed E-state index contributed by atoms with van der Waals surface area (Å²) in [6.45, 7) is 23.1. The summed E-state index contributed by atoms with van der Waals surface area (Å²) in [4.78, 5) is 11.7. The van der Waals surface area contributed by atoms with Crippen molar-refractivity contribution in [2.45, 2.75) is 116 Å². The lowest BCUT2D eigenvalue weighted by Gasteiger charge is -2.47. The summed E-state index contributed by atoms with van der Waals surface area (Å²) >= 11 is 0. The molecule has 0 heterocycles. The van der Waals surface area contributed by atoms with Crippen molar-refractivity contribution in [1.29, 1.82) is 0 Å². The third-order valence-corrected chi connectivity index (χ3v) is 16.7. The predicted octanol–water partition coefficient (Wildman–Crippen LogP) is 7.27. The fourth-order valence-electron chi connectivity index (χ4n) is 3.57. The molecule has 0 N–H and O–H groups in total. The van der Waals surface area contributed by atoms with Gasteiger partial charge in [-0.3, -0.25) is 4.79 Å². The first-order chi connectivity index (χ1) is 15.1. The van der Waals surface area contributed by atoms with Crippen LogP contribution < -0.4 is 0 Å². The molecule has 1 fully saturated rings. The van der Waals surface area contributed by atoms with Crippen molar-refractivity contribution < 1.29 is 18.4 Å². The van der Waals surface area contributed by atoms with E-state index in [1.54, 1.807) is 6.08 Å². The van der Waals surface area contributed by atoms with Gasteiger partial charge in [-0.15, -0.1) is 0 Å². The molecular weight excluding hydrogens is 444 g/mol. The number of allylic oxidation sites excluding steroid dienone is 1. The van der Waals surface area contributed by atoms with E-state index in [1.807, 2.05) is 18.2 Å². The number of hydrogen-bond acceptors (Lipinski definition) is 4. The summed E-state index contributed by atoms with van der Waals surface area (Å²) < 4.78 is 20.2. The first kappa shape index (κ1) is 28.2. The standard InChI is InChI=1S/C27H46O4Si2/c1-26(2,3)32(7,8)30-24-18-22(29-20-21-14-12-11-13-15-21)19-25(23(24)16-17-28)31-33(9,10)27(4,5)6/h11-17,22,24-25H,18-20H2,1-10H3/t22?,24-,25-/m1/s1. The second-order valence-corrected chi connectivity index (χ2v) is 21.9. The quantitative estimate of drug-likeness (QED) is 0.218. The van der Waals surface area contributed by atoms with Crippen molar-refractivity contribution in [2.75, 3.05) is 0 Å². The van der Waals surface area contributed by atoms with Crippen LogP contribution in [-0.4, -0.2) is 41.2 Å². The zero-order chi connectivity index (χ0) is 25.1. The van der Waals surface area contributed by atoms with Crippen LogP contribution in [0.25, 0.3) is 0 Å². The van der Waals surface area contributed by atoms with Crippen LogP contribution in [0.1, 0.15) is 59.9 Å². The molecule has 2 atom stereocenters. The Morgan fingerprint density at radius 2 is 1.30 bits per heavy atom. The van der Waals surface area contributed by atoms with Crippen LogP contribution >= 0.6 is 0 Å². The lowest BCUT2D eigenvalue weighted by molar-refractivity contribution is -0.104. The van der Waals surface area contributed by atoms with Crippen LogP contribution in [-0.2, 0) is 25.0 Å². The van der Waals surface area contributed by atoms with Crippen LogP contribution in [0.3, 0.4) is 0 Å². The van der Waals surface area contributed by atoms with Gasteiger partial charge in [-0.05, 0) is 53.5 Å². The summed E-state index contributed by atoms with van der Waals surface area (Å²) in [5, 5.41) is 0.153. The van der Waals surface area contributed by atoms with E-state index in [1.165, 1.54) is 0 Å². The van der Waals surface area contributed by atoms with Crippen LogP contribution in [0.5, 0.6) is 0 Å². The molecule has 0 bridgehead atoms. The number of aldehydes is 1. The van der Waals surface area contributed by atoms with Crippen molar-refractivity contribution >= 4 is 22.9 Å². The summed E-state index contributed by atoms with van der Waals surface area (Å²) in [6, 6.07) is 10.3. The smallest absolute Gasteiger partial charge is 0.192 e. The van der Waals surface area contributed by atoms with E-state index in [9.17, 15) is 4.79 Å². The molecule has 0 amide bonds. The topological polar surface area (TPSA) is 44.8 Å². The molecule has 6 heteroatoms.